The molecule has 41 heavy (non-hydrogen) atoms. The molecule has 0 spiro atoms. The van der Waals surface area contributed by atoms with Gasteiger partial charge >= 0.3 is 18.1 Å². The molecule has 1 atom stereocenters. The summed E-state index contributed by atoms with van der Waals surface area (Å²) < 4.78 is 65.3. The first-order valence-corrected chi connectivity index (χ1v) is 13.1. The van der Waals surface area contributed by atoms with E-state index in [1.54, 1.807) is 42.5 Å². The summed E-state index contributed by atoms with van der Waals surface area (Å²) in [5.74, 6) is -3.61. The molecule has 3 aromatic rings. The summed E-state index contributed by atoms with van der Waals surface area (Å²) >= 11 is 0. The Labute approximate surface area is 232 Å². The van der Waals surface area contributed by atoms with Crippen molar-refractivity contribution in [2.75, 3.05) is 13.2 Å². The van der Waals surface area contributed by atoms with E-state index in [1.807, 2.05) is 12.1 Å². The Morgan fingerprint density at radius 2 is 1.56 bits per heavy atom. The Bertz CT molecular complexity index is 1460. The van der Waals surface area contributed by atoms with Gasteiger partial charge in [0, 0.05) is 6.42 Å². The number of ether oxygens (including phenoxy) is 1. The van der Waals surface area contributed by atoms with Crippen molar-refractivity contribution in [2.24, 2.45) is 16.6 Å². The standard InChI is InChI=1S/C23H26N4O6S.C2HF3O2/c24-23(25)26-33-13-3-12-32-19-9-6-16(7-10-19)14-21(22(28)29)27-34(30,31)20-11-8-17-4-1-2-5-18(17)15-20;3-2(4,5)1(6)7/h1-2,4-11,15,21,27H,3,12-14H2,(H,28,29)(H4,24,25,26);(H,6,7)/t21-;/m0./s1. The Kier molecular flexibility index (Phi) is 11.7. The molecule has 0 amide bonds. The Hall–Kier alpha value is -4.57. The predicted molar refractivity (Wildman–Crippen MR) is 141 cm³/mol. The van der Waals surface area contributed by atoms with E-state index in [2.05, 4.69) is 9.88 Å². The summed E-state index contributed by atoms with van der Waals surface area (Å²) in [4.78, 5) is 25.5. The number of carboxylic acid groups (broad SMARTS) is 2. The van der Waals surface area contributed by atoms with E-state index in [4.69, 9.17) is 30.9 Å². The smallest absolute Gasteiger partial charge is 0.490 e. The number of nitrogens with one attached hydrogen (secondary N) is 1. The molecule has 0 saturated heterocycles. The van der Waals surface area contributed by atoms with Crippen molar-refractivity contribution in [1.82, 2.24) is 4.72 Å². The third-order valence-electron chi connectivity index (χ3n) is 5.05. The van der Waals surface area contributed by atoms with Crippen LogP contribution in [0.4, 0.5) is 13.2 Å². The average Bonchev–Trinajstić information content (AvgIpc) is 2.90. The molecule has 222 valence electrons. The minimum atomic E-state index is -5.08. The number of fused-ring (bicyclic) bond motifs is 1. The molecule has 0 heterocycles. The molecule has 0 aliphatic rings. The maximum absolute atomic E-state index is 12.8. The van der Waals surface area contributed by atoms with Crippen molar-refractivity contribution in [1.29, 1.82) is 0 Å². The number of alkyl halides is 3. The zero-order valence-corrected chi connectivity index (χ0v) is 22.1. The summed E-state index contributed by atoms with van der Waals surface area (Å²) in [5.41, 5.74) is 10.9. The number of guanidine groups is 1. The largest absolute Gasteiger partial charge is 0.493 e. The van der Waals surface area contributed by atoms with Crippen LogP contribution < -0.4 is 20.9 Å². The lowest BCUT2D eigenvalue weighted by Gasteiger charge is -2.16. The van der Waals surface area contributed by atoms with Crippen molar-refractivity contribution >= 4 is 38.7 Å². The molecular formula is C25H27F3N4O8S. The van der Waals surface area contributed by atoms with Crippen molar-refractivity contribution in [3.63, 3.8) is 0 Å². The first kappa shape index (κ1) is 32.6. The van der Waals surface area contributed by atoms with Crippen molar-refractivity contribution in [3.05, 3.63) is 72.3 Å². The van der Waals surface area contributed by atoms with Crippen LogP contribution in [-0.4, -0.2) is 62.0 Å². The number of benzene rings is 3. The number of rotatable bonds is 12. The average molecular weight is 601 g/mol. The number of nitrogens with zero attached hydrogens (tertiary/aromatic N) is 1. The number of hydrogen-bond acceptors (Lipinski definition) is 7. The van der Waals surface area contributed by atoms with E-state index in [1.165, 1.54) is 12.1 Å². The minimum Gasteiger partial charge on any atom is -0.493 e. The van der Waals surface area contributed by atoms with E-state index >= 15 is 0 Å². The van der Waals surface area contributed by atoms with E-state index < -0.39 is 34.2 Å². The number of aliphatic carboxylic acids is 2. The second kappa shape index (κ2) is 14.7. The van der Waals surface area contributed by atoms with E-state index in [-0.39, 0.29) is 23.9 Å². The zero-order valence-electron chi connectivity index (χ0n) is 21.2. The maximum Gasteiger partial charge on any atom is 0.490 e. The summed E-state index contributed by atoms with van der Waals surface area (Å²) in [6, 6.07) is 17.4. The van der Waals surface area contributed by atoms with Gasteiger partial charge in [-0.1, -0.05) is 42.5 Å². The number of carbonyl (C=O) groups is 2. The molecular weight excluding hydrogens is 573 g/mol. The Morgan fingerprint density at radius 3 is 2.12 bits per heavy atom. The normalized spacial score (nSPS) is 12.0. The summed E-state index contributed by atoms with van der Waals surface area (Å²) in [7, 11) is -4.04. The predicted octanol–water partition coefficient (Wildman–Crippen LogP) is 2.42. The maximum atomic E-state index is 12.8. The van der Waals surface area contributed by atoms with Crippen LogP contribution in [0.5, 0.6) is 5.75 Å². The molecule has 0 fully saturated rings. The number of sulfonamides is 1. The van der Waals surface area contributed by atoms with Gasteiger partial charge in [0.2, 0.25) is 16.0 Å². The van der Waals surface area contributed by atoms with Crippen LogP contribution in [-0.2, 0) is 30.9 Å². The van der Waals surface area contributed by atoms with Crippen LogP contribution >= 0.6 is 0 Å². The van der Waals surface area contributed by atoms with Gasteiger partial charge in [0.1, 0.15) is 18.4 Å². The summed E-state index contributed by atoms with van der Waals surface area (Å²) in [5, 5.41) is 21.8. The molecule has 7 N–H and O–H groups in total. The molecule has 0 radical (unpaired) electrons. The van der Waals surface area contributed by atoms with Gasteiger partial charge in [0.05, 0.1) is 11.5 Å². The minimum absolute atomic E-state index is 0.00465. The van der Waals surface area contributed by atoms with E-state index in [9.17, 15) is 31.5 Å². The van der Waals surface area contributed by atoms with Crippen molar-refractivity contribution in [2.45, 2.75) is 30.0 Å². The first-order chi connectivity index (χ1) is 19.2. The highest BCUT2D eigenvalue weighted by Gasteiger charge is 2.38. The third kappa shape index (κ3) is 11.2. The fourth-order valence-corrected chi connectivity index (χ4v) is 4.38. The Balaban J connectivity index is 0.000000745. The zero-order chi connectivity index (χ0) is 30.6. The van der Waals surface area contributed by atoms with Gasteiger partial charge in [0.15, 0.2) is 0 Å². The van der Waals surface area contributed by atoms with Gasteiger partial charge in [-0.25, -0.2) is 13.2 Å². The van der Waals surface area contributed by atoms with Crippen LogP contribution in [0.2, 0.25) is 0 Å². The number of nitrogens with two attached hydrogens (primary N) is 2. The SMILES string of the molecule is NC(N)=NOCCCOc1ccc(C[C@H](NS(=O)(=O)c2ccc3ccccc3c2)C(=O)O)cc1.O=C(O)C(F)(F)F. The number of halogens is 3. The van der Waals surface area contributed by atoms with Gasteiger partial charge < -0.3 is 31.3 Å². The summed E-state index contributed by atoms with van der Waals surface area (Å²) in [6.07, 6.45) is -4.56. The number of hydrogen-bond donors (Lipinski definition) is 5. The lowest BCUT2D eigenvalue weighted by molar-refractivity contribution is -0.192. The molecule has 12 nitrogen and oxygen atoms in total. The van der Waals surface area contributed by atoms with Crippen LogP contribution in [0, 0.1) is 0 Å². The topological polar surface area (TPSA) is 204 Å². The molecule has 0 aromatic heterocycles. The molecule has 0 aliphatic heterocycles. The van der Waals surface area contributed by atoms with E-state index in [0.717, 1.165) is 10.8 Å². The second-order valence-electron chi connectivity index (χ2n) is 8.22. The molecule has 3 rings (SSSR count). The van der Waals surface area contributed by atoms with Crippen molar-refractivity contribution < 1.29 is 51.0 Å². The van der Waals surface area contributed by atoms with Gasteiger partial charge in [-0.15, -0.1) is 0 Å². The highest BCUT2D eigenvalue weighted by molar-refractivity contribution is 7.89. The fourth-order valence-electron chi connectivity index (χ4n) is 3.16. The quantitative estimate of drug-likeness (QED) is 0.0889. The second-order valence-corrected chi connectivity index (χ2v) is 9.94. The third-order valence-corrected chi connectivity index (χ3v) is 6.52. The summed E-state index contributed by atoms with van der Waals surface area (Å²) in [6.45, 7) is 0.649. The van der Waals surface area contributed by atoms with Crippen LogP contribution in [0.25, 0.3) is 10.8 Å². The van der Waals surface area contributed by atoms with Crippen molar-refractivity contribution in [3.8, 4) is 5.75 Å². The molecule has 16 heteroatoms. The van der Waals surface area contributed by atoms with Gasteiger partial charge in [-0.2, -0.15) is 17.9 Å². The lowest BCUT2D eigenvalue weighted by Crippen LogP contribution is -2.42. The van der Waals surface area contributed by atoms with Crippen LogP contribution in [0.3, 0.4) is 0 Å². The fraction of sp³-hybridized carbons (Fsp3) is 0.240. The monoisotopic (exact) mass is 600 g/mol. The first-order valence-electron chi connectivity index (χ1n) is 11.7. The van der Waals surface area contributed by atoms with Gasteiger partial charge in [-0.3, -0.25) is 4.79 Å². The number of oxime groups is 1. The Morgan fingerprint density at radius 1 is 0.951 bits per heavy atom. The van der Waals surface area contributed by atoms with Crippen LogP contribution in [0.15, 0.2) is 76.8 Å². The van der Waals surface area contributed by atoms with Gasteiger partial charge in [0.25, 0.3) is 0 Å². The number of carboxylic acids is 2. The van der Waals surface area contributed by atoms with Gasteiger partial charge in [-0.05, 0) is 52.2 Å². The molecule has 0 bridgehead atoms. The van der Waals surface area contributed by atoms with E-state index in [0.29, 0.717) is 24.3 Å². The lowest BCUT2D eigenvalue weighted by atomic mass is 10.1. The highest BCUT2D eigenvalue weighted by atomic mass is 32.2. The molecule has 0 aliphatic carbocycles. The molecule has 3 aromatic carbocycles. The highest BCUT2D eigenvalue weighted by Crippen LogP contribution is 2.20. The van der Waals surface area contributed by atoms with Crippen LogP contribution in [0.1, 0.15) is 12.0 Å². The molecule has 0 unspecified atom stereocenters. The molecule has 0 saturated carbocycles.